The van der Waals surface area contributed by atoms with Gasteiger partial charge in [0.15, 0.2) is 9.84 Å². The van der Waals surface area contributed by atoms with E-state index in [0.29, 0.717) is 10.6 Å². The molecule has 0 saturated heterocycles. The topological polar surface area (TPSA) is 60.2 Å². The van der Waals surface area contributed by atoms with Gasteiger partial charge in [-0.25, -0.2) is 12.8 Å². The molecule has 2 N–H and O–H groups in total. The molecular formula is C12H18FNO2S2. The molecule has 18 heavy (non-hydrogen) atoms. The van der Waals surface area contributed by atoms with Gasteiger partial charge in [0.2, 0.25) is 0 Å². The fraction of sp³-hybridized carbons (Fsp3) is 0.500. The molecule has 0 aliphatic rings. The Morgan fingerprint density at radius 1 is 1.33 bits per heavy atom. The standard InChI is InChI=1S/C12H18FNO2S2/c1-12(2,3)18(15,16)7-6-17-9-4-5-11(14)10(13)8-9/h4-5,8H,6-7,14H2,1-3H3. The van der Waals surface area contributed by atoms with Gasteiger partial charge in [-0.05, 0) is 39.0 Å². The minimum Gasteiger partial charge on any atom is -0.396 e. The van der Waals surface area contributed by atoms with Crippen LogP contribution in [0.15, 0.2) is 23.1 Å². The van der Waals surface area contributed by atoms with Crippen molar-refractivity contribution in [2.45, 2.75) is 30.4 Å². The predicted octanol–water partition coefficient (Wildman–Crippen LogP) is 2.71. The molecule has 0 unspecified atom stereocenters. The summed E-state index contributed by atoms with van der Waals surface area (Å²) in [6, 6.07) is 4.49. The lowest BCUT2D eigenvalue weighted by Gasteiger charge is -2.18. The molecule has 0 radical (unpaired) electrons. The van der Waals surface area contributed by atoms with Crippen LogP contribution in [-0.4, -0.2) is 24.7 Å². The van der Waals surface area contributed by atoms with Gasteiger partial charge in [0, 0.05) is 10.6 Å². The third kappa shape index (κ3) is 3.88. The molecule has 0 atom stereocenters. The minimum atomic E-state index is -3.13. The number of hydrogen-bond donors (Lipinski definition) is 1. The van der Waals surface area contributed by atoms with Crippen LogP contribution in [0.25, 0.3) is 0 Å². The summed E-state index contributed by atoms with van der Waals surface area (Å²) < 4.78 is 36.1. The lowest BCUT2D eigenvalue weighted by molar-refractivity contribution is 0.562. The first kappa shape index (κ1) is 15.3. The van der Waals surface area contributed by atoms with E-state index >= 15 is 0 Å². The molecule has 1 aromatic rings. The second-order valence-corrected chi connectivity index (χ2v) is 8.99. The summed E-state index contributed by atoms with van der Waals surface area (Å²) in [5.74, 6) is 0.00882. The molecule has 0 amide bonds. The van der Waals surface area contributed by atoms with Crippen molar-refractivity contribution < 1.29 is 12.8 Å². The minimum absolute atomic E-state index is 0.0765. The maximum atomic E-state index is 13.2. The maximum absolute atomic E-state index is 13.2. The fourth-order valence-electron chi connectivity index (χ4n) is 1.17. The Kier molecular flexibility index (Phi) is 4.66. The molecule has 0 spiro atoms. The van der Waals surface area contributed by atoms with Crippen molar-refractivity contribution in [3.63, 3.8) is 0 Å². The number of anilines is 1. The molecule has 0 aromatic heterocycles. The van der Waals surface area contributed by atoms with Gasteiger partial charge in [-0.1, -0.05) is 0 Å². The van der Waals surface area contributed by atoms with Crippen molar-refractivity contribution in [3.8, 4) is 0 Å². The molecular weight excluding hydrogens is 273 g/mol. The zero-order valence-electron chi connectivity index (χ0n) is 10.7. The van der Waals surface area contributed by atoms with E-state index in [2.05, 4.69) is 0 Å². The second-order valence-electron chi connectivity index (χ2n) is 4.96. The SMILES string of the molecule is CC(C)(C)S(=O)(=O)CCSc1ccc(N)c(F)c1. The number of sulfone groups is 1. The number of halogens is 1. The van der Waals surface area contributed by atoms with Gasteiger partial charge in [0.05, 0.1) is 16.2 Å². The van der Waals surface area contributed by atoms with Gasteiger partial charge in [-0.2, -0.15) is 0 Å². The van der Waals surface area contributed by atoms with Crippen LogP contribution in [-0.2, 0) is 9.84 Å². The van der Waals surface area contributed by atoms with Gasteiger partial charge < -0.3 is 5.73 Å². The zero-order valence-corrected chi connectivity index (χ0v) is 12.4. The lowest BCUT2D eigenvalue weighted by atomic mass is 10.3. The van der Waals surface area contributed by atoms with E-state index in [0.717, 1.165) is 0 Å². The van der Waals surface area contributed by atoms with E-state index in [-0.39, 0.29) is 11.4 Å². The average molecular weight is 291 g/mol. The number of nitrogens with two attached hydrogens (primary N) is 1. The molecule has 0 bridgehead atoms. The van der Waals surface area contributed by atoms with E-state index < -0.39 is 20.4 Å². The summed E-state index contributed by atoms with van der Waals surface area (Å²) >= 11 is 1.31. The molecule has 1 rings (SSSR count). The largest absolute Gasteiger partial charge is 0.396 e. The Morgan fingerprint density at radius 3 is 2.44 bits per heavy atom. The predicted molar refractivity (Wildman–Crippen MR) is 75.1 cm³/mol. The van der Waals surface area contributed by atoms with Gasteiger partial charge in [-0.15, -0.1) is 11.8 Å². The maximum Gasteiger partial charge on any atom is 0.156 e. The number of rotatable bonds is 4. The summed E-state index contributed by atoms with van der Waals surface area (Å²) in [5, 5.41) is 0. The van der Waals surface area contributed by atoms with Crippen molar-refractivity contribution in [1.29, 1.82) is 0 Å². The van der Waals surface area contributed by atoms with Gasteiger partial charge in [0.1, 0.15) is 5.82 Å². The van der Waals surface area contributed by atoms with Crippen LogP contribution in [0, 0.1) is 5.82 Å². The van der Waals surface area contributed by atoms with Crippen LogP contribution in [0.5, 0.6) is 0 Å². The number of thioether (sulfide) groups is 1. The third-order valence-corrected chi connectivity index (χ3v) is 6.39. The number of hydrogen-bond acceptors (Lipinski definition) is 4. The summed E-state index contributed by atoms with van der Waals surface area (Å²) in [6.07, 6.45) is 0. The molecule has 6 heteroatoms. The monoisotopic (exact) mass is 291 g/mol. The molecule has 0 fully saturated rings. The summed E-state index contributed by atoms with van der Waals surface area (Å²) in [4.78, 5) is 0.686. The quantitative estimate of drug-likeness (QED) is 0.684. The first-order valence-electron chi connectivity index (χ1n) is 5.53. The fourth-order valence-corrected chi connectivity index (χ4v) is 3.58. The molecule has 0 saturated carbocycles. The van der Waals surface area contributed by atoms with E-state index in [1.807, 2.05) is 0 Å². The van der Waals surface area contributed by atoms with Crippen LogP contribution in [0.3, 0.4) is 0 Å². The van der Waals surface area contributed by atoms with Crippen LogP contribution >= 0.6 is 11.8 Å². The van der Waals surface area contributed by atoms with Gasteiger partial charge in [0.25, 0.3) is 0 Å². The van der Waals surface area contributed by atoms with E-state index in [9.17, 15) is 12.8 Å². The van der Waals surface area contributed by atoms with Crippen LogP contribution in [0.2, 0.25) is 0 Å². The summed E-state index contributed by atoms with van der Waals surface area (Å²) in [6.45, 7) is 5.03. The molecule has 1 aromatic carbocycles. The smallest absolute Gasteiger partial charge is 0.156 e. The molecule has 102 valence electrons. The molecule has 0 aliphatic carbocycles. The zero-order chi connectivity index (χ0) is 14.0. The highest BCUT2D eigenvalue weighted by Gasteiger charge is 2.28. The Hall–Kier alpha value is -0.750. The van der Waals surface area contributed by atoms with E-state index in [1.54, 1.807) is 26.8 Å². The number of nitrogen functional groups attached to an aromatic ring is 1. The Labute approximate surface area is 112 Å². The van der Waals surface area contributed by atoms with Crippen molar-refractivity contribution >= 4 is 27.3 Å². The van der Waals surface area contributed by atoms with Crippen LogP contribution in [0.4, 0.5) is 10.1 Å². The Morgan fingerprint density at radius 2 is 1.94 bits per heavy atom. The van der Waals surface area contributed by atoms with Crippen LogP contribution in [0.1, 0.15) is 20.8 Å². The highest BCUT2D eigenvalue weighted by molar-refractivity contribution is 8.01. The third-order valence-electron chi connectivity index (χ3n) is 2.53. The van der Waals surface area contributed by atoms with Crippen molar-refractivity contribution in [2.24, 2.45) is 0 Å². The molecule has 0 heterocycles. The van der Waals surface area contributed by atoms with Crippen molar-refractivity contribution in [2.75, 3.05) is 17.2 Å². The van der Waals surface area contributed by atoms with E-state index in [4.69, 9.17) is 5.73 Å². The van der Waals surface area contributed by atoms with Crippen LogP contribution < -0.4 is 5.73 Å². The number of benzene rings is 1. The first-order valence-corrected chi connectivity index (χ1v) is 8.17. The normalized spacial score (nSPS) is 12.7. The molecule has 3 nitrogen and oxygen atoms in total. The first-order chi connectivity index (χ1) is 8.13. The highest BCUT2D eigenvalue weighted by Crippen LogP contribution is 2.24. The second kappa shape index (κ2) is 5.48. The summed E-state index contributed by atoms with van der Waals surface area (Å²) in [7, 11) is -3.13. The molecule has 0 aliphatic heterocycles. The van der Waals surface area contributed by atoms with E-state index in [1.165, 1.54) is 23.9 Å². The summed E-state index contributed by atoms with van der Waals surface area (Å²) in [5.41, 5.74) is 5.46. The Bertz CT molecular complexity index is 521. The van der Waals surface area contributed by atoms with Gasteiger partial charge >= 0.3 is 0 Å². The Balaban J connectivity index is 2.60. The lowest BCUT2D eigenvalue weighted by Crippen LogP contribution is -2.31. The van der Waals surface area contributed by atoms with Crippen molar-refractivity contribution in [1.82, 2.24) is 0 Å². The van der Waals surface area contributed by atoms with Gasteiger partial charge in [-0.3, -0.25) is 0 Å². The highest BCUT2D eigenvalue weighted by atomic mass is 32.2. The van der Waals surface area contributed by atoms with Crippen molar-refractivity contribution in [3.05, 3.63) is 24.0 Å². The average Bonchev–Trinajstić information content (AvgIpc) is 2.21.